The highest BCUT2D eigenvalue weighted by molar-refractivity contribution is 14.1. The number of ketones is 1. The highest BCUT2D eigenvalue weighted by atomic mass is 127. The lowest BCUT2D eigenvalue weighted by Gasteiger charge is -2.17. The number of anilines is 1. The molecule has 1 aliphatic heterocycles. The van der Waals surface area contributed by atoms with Crippen LogP contribution in [0.1, 0.15) is 15.9 Å². The Balaban J connectivity index is 2.01. The van der Waals surface area contributed by atoms with Crippen LogP contribution in [0.15, 0.2) is 46.9 Å². The molecule has 100 valence electrons. The molecule has 0 bridgehead atoms. The topological polar surface area (TPSA) is 37.4 Å². The Morgan fingerprint density at radius 1 is 1.05 bits per heavy atom. The summed E-state index contributed by atoms with van der Waals surface area (Å²) >= 11 is 5.65. The molecular weight excluding hydrogens is 433 g/mol. The zero-order valence-electron chi connectivity index (χ0n) is 10.3. The van der Waals surface area contributed by atoms with Crippen molar-refractivity contribution in [3.05, 3.63) is 61.6 Å². The van der Waals surface area contributed by atoms with Crippen LogP contribution in [0.25, 0.3) is 0 Å². The van der Waals surface area contributed by atoms with Crippen molar-refractivity contribution in [2.45, 2.75) is 6.54 Å². The first-order chi connectivity index (χ1) is 9.58. The van der Waals surface area contributed by atoms with E-state index in [1.165, 1.54) is 4.90 Å². The third-order valence-corrected chi connectivity index (χ3v) is 4.55. The molecule has 0 saturated carbocycles. The minimum atomic E-state index is -0.467. The maximum absolute atomic E-state index is 12.1. The van der Waals surface area contributed by atoms with Crippen LogP contribution in [0.2, 0.25) is 0 Å². The molecule has 0 spiro atoms. The Morgan fingerprint density at radius 3 is 2.45 bits per heavy atom. The first kappa shape index (κ1) is 13.8. The van der Waals surface area contributed by atoms with E-state index in [4.69, 9.17) is 0 Å². The predicted octanol–water partition coefficient (Wildman–Crippen LogP) is 3.78. The lowest BCUT2D eigenvalue weighted by atomic mass is 10.1. The summed E-state index contributed by atoms with van der Waals surface area (Å²) < 4.78 is 1.90. The number of para-hydroxylation sites is 1. The van der Waals surface area contributed by atoms with Crippen LogP contribution in [0, 0.1) is 3.57 Å². The summed E-state index contributed by atoms with van der Waals surface area (Å²) in [6, 6.07) is 13.2. The fourth-order valence-electron chi connectivity index (χ4n) is 2.24. The van der Waals surface area contributed by atoms with Gasteiger partial charge in [-0.3, -0.25) is 14.5 Å². The third kappa shape index (κ3) is 2.29. The van der Waals surface area contributed by atoms with Crippen molar-refractivity contribution in [2.24, 2.45) is 0 Å². The van der Waals surface area contributed by atoms with Crippen LogP contribution < -0.4 is 4.90 Å². The Bertz CT molecular complexity index is 712. The molecule has 2 aromatic rings. The second kappa shape index (κ2) is 5.29. The zero-order valence-corrected chi connectivity index (χ0v) is 14.0. The van der Waals surface area contributed by atoms with E-state index in [1.54, 1.807) is 12.1 Å². The summed E-state index contributed by atoms with van der Waals surface area (Å²) in [5, 5.41) is 0. The van der Waals surface area contributed by atoms with Gasteiger partial charge >= 0.3 is 0 Å². The average molecular weight is 442 g/mol. The first-order valence-corrected chi connectivity index (χ1v) is 7.84. The molecule has 0 unspecified atom stereocenters. The summed E-state index contributed by atoms with van der Waals surface area (Å²) in [6.45, 7) is 0.400. The van der Waals surface area contributed by atoms with E-state index in [2.05, 4.69) is 38.5 Å². The van der Waals surface area contributed by atoms with Crippen molar-refractivity contribution in [1.82, 2.24) is 0 Å². The molecule has 1 heterocycles. The molecule has 3 nitrogen and oxygen atoms in total. The second-order valence-corrected chi connectivity index (χ2v) is 6.58. The quantitative estimate of drug-likeness (QED) is 0.525. The van der Waals surface area contributed by atoms with Gasteiger partial charge in [0.05, 0.1) is 17.8 Å². The number of rotatable bonds is 2. The standard InChI is InChI=1S/C15H9BrINO2/c16-12-3-1-2-11-13(12)18(15(20)14(11)19)8-9-4-6-10(17)7-5-9/h1-7H,8H2. The molecule has 2 aromatic carbocycles. The van der Waals surface area contributed by atoms with Crippen LogP contribution in [0.4, 0.5) is 5.69 Å². The highest BCUT2D eigenvalue weighted by Gasteiger charge is 2.36. The minimum absolute atomic E-state index is 0.400. The van der Waals surface area contributed by atoms with Gasteiger partial charge in [0, 0.05) is 8.04 Å². The number of benzene rings is 2. The molecular formula is C15H9BrINO2. The Hall–Kier alpha value is -1.21. The minimum Gasteiger partial charge on any atom is -0.299 e. The molecule has 0 radical (unpaired) electrons. The van der Waals surface area contributed by atoms with Gasteiger partial charge in [0.1, 0.15) is 0 Å². The number of nitrogens with zero attached hydrogens (tertiary/aromatic N) is 1. The Morgan fingerprint density at radius 2 is 1.75 bits per heavy atom. The van der Waals surface area contributed by atoms with Gasteiger partial charge in [-0.15, -0.1) is 0 Å². The van der Waals surface area contributed by atoms with Crippen molar-refractivity contribution < 1.29 is 9.59 Å². The molecule has 0 fully saturated rings. The van der Waals surface area contributed by atoms with Crippen molar-refractivity contribution >= 4 is 55.9 Å². The van der Waals surface area contributed by atoms with E-state index in [0.29, 0.717) is 17.8 Å². The number of carbonyl (C=O) groups excluding carboxylic acids is 2. The van der Waals surface area contributed by atoms with Crippen LogP contribution in [0.5, 0.6) is 0 Å². The van der Waals surface area contributed by atoms with Crippen LogP contribution in [-0.2, 0) is 11.3 Å². The van der Waals surface area contributed by atoms with Gasteiger partial charge in [0.15, 0.2) is 0 Å². The number of amides is 1. The fraction of sp³-hybridized carbons (Fsp3) is 0.0667. The van der Waals surface area contributed by atoms with Crippen molar-refractivity contribution in [1.29, 1.82) is 0 Å². The summed E-state index contributed by atoms with van der Waals surface area (Å²) in [7, 11) is 0. The van der Waals surface area contributed by atoms with Crippen LogP contribution in [0.3, 0.4) is 0 Å². The van der Waals surface area contributed by atoms with E-state index < -0.39 is 11.7 Å². The van der Waals surface area contributed by atoms with Crippen molar-refractivity contribution in [3.63, 3.8) is 0 Å². The molecule has 0 aromatic heterocycles. The summed E-state index contributed by atoms with van der Waals surface area (Å²) in [4.78, 5) is 25.7. The monoisotopic (exact) mass is 441 g/mol. The van der Waals surface area contributed by atoms with Crippen LogP contribution >= 0.6 is 38.5 Å². The van der Waals surface area contributed by atoms with Crippen molar-refractivity contribution in [3.8, 4) is 0 Å². The number of carbonyl (C=O) groups is 2. The molecule has 0 N–H and O–H groups in total. The van der Waals surface area contributed by atoms with Gasteiger partial charge in [-0.2, -0.15) is 0 Å². The van der Waals surface area contributed by atoms with E-state index in [0.717, 1.165) is 13.6 Å². The summed E-state index contributed by atoms with van der Waals surface area (Å²) in [5.74, 6) is -0.905. The number of hydrogen-bond donors (Lipinski definition) is 0. The third-order valence-electron chi connectivity index (χ3n) is 3.19. The van der Waals surface area contributed by atoms with E-state index in [1.807, 2.05) is 30.3 Å². The largest absolute Gasteiger partial charge is 0.299 e. The number of hydrogen-bond acceptors (Lipinski definition) is 2. The van der Waals surface area contributed by atoms with Gasteiger partial charge in [-0.05, 0) is 68.3 Å². The Kier molecular flexibility index (Phi) is 3.64. The van der Waals surface area contributed by atoms with E-state index >= 15 is 0 Å². The molecule has 20 heavy (non-hydrogen) atoms. The van der Waals surface area contributed by atoms with Gasteiger partial charge in [-0.25, -0.2) is 0 Å². The SMILES string of the molecule is O=C1C(=O)N(Cc2ccc(I)cc2)c2c(Br)cccc21. The van der Waals surface area contributed by atoms with Crippen molar-refractivity contribution in [2.75, 3.05) is 4.90 Å². The smallest absolute Gasteiger partial charge is 0.299 e. The summed E-state index contributed by atoms with van der Waals surface area (Å²) in [6.07, 6.45) is 0. The van der Waals surface area contributed by atoms with E-state index in [-0.39, 0.29) is 0 Å². The molecule has 5 heteroatoms. The number of Topliss-reactive ketones (excluding diaryl/α,β-unsaturated/α-hetero) is 1. The van der Waals surface area contributed by atoms with Gasteiger partial charge in [0.2, 0.25) is 0 Å². The first-order valence-electron chi connectivity index (χ1n) is 5.97. The molecule has 3 rings (SSSR count). The van der Waals surface area contributed by atoms with E-state index in [9.17, 15) is 9.59 Å². The number of halogens is 2. The summed E-state index contributed by atoms with van der Waals surface area (Å²) in [5.41, 5.74) is 2.13. The maximum atomic E-state index is 12.1. The molecule has 1 aliphatic rings. The molecule has 0 saturated heterocycles. The maximum Gasteiger partial charge on any atom is 0.299 e. The highest BCUT2D eigenvalue weighted by Crippen LogP contribution is 2.36. The predicted molar refractivity (Wildman–Crippen MR) is 88.8 cm³/mol. The normalized spacial score (nSPS) is 13.8. The molecule has 0 atom stereocenters. The molecule has 0 aliphatic carbocycles. The van der Waals surface area contributed by atoms with Gasteiger partial charge in [-0.1, -0.05) is 18.2 Å². The Labute approximate surface area is 138 Å². The average Bonchev–Trinajstić information content (AvgIpc) is 2.68. The fourth-order valence-corrected chi connectivity index (χ4v) is 3.18. The lowest BCUT2D eigenvalue weighted by Crippen LogP contribution is -2.29. The van der Waals surface area contributed by atoms with Gasteiger partial charge < -0.3 is 0 Å². The lowest BCUT2D eigenvalue weighted by molar-refractivity contribution is -0.114. The zero-order chi connectivity index (χ0) is 14.3. The second-order valence-electron chi connectivity index (χ2n) is 4.48. The van der Waals surface area contributed by atoms with Crippen LogP contribution in [-0.4, -0.2) is 11.7 Å². The number of fused-ring (bicyclic) bond motifs is 1. The van der Waals surface area contributed by atoms with Gasteiger partial charge in [0.25, 0.3) is 11.7 Å². The molecule has 1 amide bonds.